The molecule has 0 amide bonds. The van der Waals surface area contributed by atoms with Crippen LogP contribution in [0.2, 0.25) is 0 Å². The number of nitrogens with two attached hydrogens (primary N) is 1. The number of hydrogen-bond acceptors (Lipinski definition) is 4. The van der Waals surface area contributed by atoms with Gasteiger partial charge >= 0.3 is 5.97 Å². The molecule has 3 N–H and O–H groups in total. The molecule has 1 aromatic carbocycles. The Bertz CT molecular complexity index is 911. The van der Waals surface area contributed by atoms with Gasteiger partial charge in [-0.1, -0.05) is 29.8 Å². The molecular formula is C18H18N2O2S. The van der Waals surface area contributed by atoms with Gasteiger partial charge in [0, 0.05) is 11.1 Å². The van der Waals surface area contributed by atoms with E-state index in [0.717, 1.165) is 40.0 Å². The lowest BCUT2D eigenvalue weighted by atomic mass is 9.97. The van der Waals surface area contributed by atoms with E-state index in [1.165, 1.54) is 11.1 Å². The smallest absolute Gasteiger partial charge is 0.348 e. The second-order valence-electron chi connectivity index (χ2n) is 5.79. The Morgan fingerprint density at radius 1 is 1.22 bits per heavy atom. The standard InChI is InChI=1S/C18H18N2O2S/c1-9-4-6-12(7-5-9)8-13-10(2)14-15(19)16(18(21)22)23-17(14)20-11(13)3/h4-7H,8,19H2,1-3H3,(H,21,22). The minimum atomic E-state index is -0.998. The maximum atomic E-state index is 11.3. The molecule has 2 heterocycles. The third kappa shape index (κ3) is 2.68. The highest BCUT2D eigenvalue weighted by molar-refractivity contribution is 7.21. The Labute approximate surface area is 138 Å². The molecule has 3 aromatic rings. The fourth-order valence-electron chi connectivity index (χ4n) is 2.84. The zero-order valence-corrected chi connectivity index (χ0v) is 14.1. The lowest BCUT2D eigenvalue weighted by Crippen LogP contribution is -2.01. The maximum absolute atomic E-state index is 11.3. The number of thiophene rings is 1. The summed E-state index contributed by atoms with van der Waals surface area (Å²) in [6.45, 7) is 6.02. The summed E-state index contributed by atoms with van der Waals surface area (Å²) in [7, 11) is 0. The number of rotatable bonds is 3. The zero-order valence-electron chi connectivity index (χ0n) is 13.3. The predicted molar refractivity (Wildman–Crippen MR) is 94.5 cm³/mol. The van der Waals surface area contributed by atoms with E-state index in [-0.39, 0.29) is 4.88 Å². The van der Waals surface area contributed by atoms with Crippen LogP contribution in [0.15, 0.2) is 24.3 Å². The number of pyridine rings is 1. The second kappa shape index (κ2) is 5.66. The van der Waals surface area contributed by atoms with Gasteiger partial charge in [0.25, 0.3) is 0 Å². The molecule has 0 saturated carbocycles. The van der Waals surface area contributed by atoms with Gasteiger partial charge in [-0.3, -0.25) is 0 Å². The molecule has 0 aliphatic heterocycles. The van der Waals surface area contributed by atoms with Crippen molar-refractivity contribution in [2.45, 2.75) is 27.2 Å². The van der Waals surface area contributed by atoms with E-state index in [1.807, 2.05) is 13.8 Å². The molecule has 0 atom stereocenters. The average molecular weight is 326 g/mol. The molecule has 0 saturated heterocycles. The van der Waals surface area contributed by atoms with E-state index in [2.05, 4.69) is 36.2 Å². The fraction of sp³-hybridized carbons (Fsp3) is 0.222. The number of aromatic nitrogens is 1. The number of hydrogen-bond donors (Lipinski definition) is 2. The van der Waals surface area contributed by atoms with Crippen LogP contribution in [-0.4, -0.2) is 16.1 Å². The highest BCUT2D eigenvalue weighted by Crippen LogP contribution is 2.37. The minimum Gasteiger partial charge on any atom is -0.477 e. The van der Waals surface area contributed by atoms with Crippen molar-refractivity contribution >= 4 is 33.2 Å². The number of anilines is 1. The van der Waals surface area contributed by atoms with E-state index in [9.17, 15) is 9.90 Å². The van der Waals surface area contributed by atoms with E-state index in [4.69, 9.17) is 5.73 Å². The normalized spacial score (nSPS) is 11.1. The third-order valence-corrected chi connectivity index (χ3v) is 5.24. The molecule has 4 nitrogen and oxygen atoms in total. The number of benzene rings is 1. The van der Waals surface area contributed by atoms with Gasteiger partial charge in [0.15, 0.2) is 0 Å². The molecule has 2 aromatic heterocycles. The summed E-state index contributed by atoms with van der Waals surface area (Å²) in [5.41, 5.74) is 11.9. The van der Waals surface area contributed by atoms with Gasteiger partial charge < -0.3 is 10.8 Å². The molecule has 0 spiro atoms. The number of fused-ring (bicyclic) bond motifs is 1. The first kappa shape index (κ1) is 15.5. The molecule has 0 aliphatic carbocycles. The van der Waals surface area contributed by atoms with Gasteiger partial charge in [0.05, 0.1) is 5.69 Å². The van der Waals surface area contributed by atoms with Gasteiger partial charge in [-0.2, -0.15) is 0 Å². The van der Waals surface area contributed by atoms with Crippen LogP contribution in [-0.2, 0) is 6.42 Å². The molecule has 5 heteroatoms. The number of carboxylic acid groups (broad SMARTS) is 1. The Morgan fingerprint density at radius 2 is 1.87 bits per heavy atom. The van der Waals surface area contributed by atoms with E-state index in [1.54, 1.807) is 0 Å². The van der Waals surface area contributed by atoms with Crippen LogP contribution in [0.5, 0.6) is 0 Å². The van der Waals surface area contributed by atoms with Crippen molar-refractivity contribution < 1.29 is 9.90 Å². The monoisotopic (exact) mass is 326 g/mol. The number of nitrogen functional groups attached to an aromatic ring is 1. The summed E-state index contributed by atoms with van der Waals surface area (Å²) in [5.74, 6) is -0.998. The molecule has 0 fully saturated rings. The molecule has 0 aliphatic rings. The second-order valence-corrected chi connectivity index (χ2v) is 6.79. The molecule has 0 radical (unpaired) electrons. The lowest BCUT2D eigenvalue weighted by molar-refractivity contribution is 0.0703. The van der Waals surface area contributed by atoms with Crippen molar-refractivity contribution in [2.24, 2.45) is 0 Å². The van der Waals surface area contributed by atoms with Crippen molar-refractivity contribution in [3.8, 4) is 0 Å². The summed E-state index contributed by atoms with van der Waals surface area (Å²) in [6.07, 6.45) is 0.762. The van der Waals surface area contributed by atoms with E-state index < -0.39 is 5.97 Å². The molecule has 23 heavy (non-hydrogen) atoms. The van der Waals surface area contributed by atoms with Gasteiger partial charge in [-0.15, -0.1) is 11.3 Å². The molecular weight excluding hydrogens is 308 g/mol. The van der Waals surface area contributed by atoms with E-state index >= 15 is 0 Å². The fourth-order valence-corrected chi connectivity index (χ4v) is 3.88. The lowest BCUT2D eigenvalue weighted by Gasteiger charge is -2.11. The van der Waals surface area contributed by atoms with Crippen LogP contribution in [0, 0.1) is 20.8 Å². The van der Waals surface area contributed by atoms with Crippen LogP contribution in [0.3, 0.4) is 0 Å². The average Bonchev–Trinajstić information content (AvgIpc) is 2.82. The van der Waals surface area contributed by atoms with Gasteiger partial charge in [0.2, 0.25) is 0 Å². The van der Waals surface area contributed by atoms with Crippen LogP contribution in [0.1, 0.15) is 37.6 Å². The van der Waals surface area contributed by atoms with Crippen molar-refractivity contribution in [1.29, 1.82) is 0 Å². The van der Waals surface area contributed by atoms with Crippen molar-refractivity contribution in [1.82, 2.24) is 4.98 Å². The SMILES string of the molecule is Cc1ccc(Cc2c(C)nc3sc(C(=O)O)c(N)c3c2C)cc1. The topological polar surface area (TPSA) is 76.2 Å². The number of carboxylic acids is 1. The molecule has 118 valence electrons. The number of carbonyl (C=O) groups is 1. The number of aromatic carboxylic acids is 1. The van der Waals surface area contributed by atoms with Gasteiger partial charge in [-0.25, -0.2) is 9.78 Å². The quantitative estimate of drug-likeness (QED) is 0.760. The summed E-state index contributed by atoms with van der Waals surface area (Å²) >= 11 is 1.14. The summed E-state index contributed by atoms with van der Waals surface area (Å²) in [4.78, 5) is 16.8. The Kier molecular flexibility index (Phi) is 3.82. The van der Waals surface area contributed by atoms with Crippen LogP contribution in [0.4, 0.5) is 5.69 Å². The van der Waals surface area contributed by atoms with Crippen LogP contribution >= 0.6 is 11.3 Å². The van der Waals surface area contributed by atoms with Crippen LogP contribution < -0.4 is 5.73 Å². The summed E-state index contributed by atoms with van der Waals surface area (Å²) in [6, 6.07) is 8.40. The molecule has 3 rings (SSSR count). The van der Waals surface area contributed by atoms with Gasteiger partial charge in [0.1, 0.15) is 9.71 Å². The zero-order chi connectivity index (χ0) is 16.7. The highest BCUT2D eigenvalue weighted by Gasteiger charge is 2.20. The Morgan fingerprint density at radius 3 is 2.48 bits per heavy atom. The third-order valence-electron chi connectivity index (χ3n) is 4.16. The molecule has 0 unspecified atom stereocenters. The first-order valence-electron chi connectivity index (χ1n) is 7.35. The van der Waals surface area contributed by atoms with Crippen molar-refractivity contribution in [3.05, 3.63) is 57.1 Å². The summed E-state index contributed by atoms with van der Waals surface area (Å²) in [5, 5.41) is 10.0. The Hall–Kier alpha value is -2.40. The largest absolute Gasteiger partial charge is 0.477 e. The van der Waals surface area contributed by atoms with Gasteiger partial charge in [-0.05, 0) is 43.9 Å². The minimum absolute atomic E-state index is 0.169. The summed E-state index contributed by atoms with van der Waals surface area (Å²) < 4.78 is 0. The van der Waals surface area contributed by atoms with Crippen molar-refractivity contribution in [3.63, 3.8) is 0 Å². The Balaban J connectivity index is 2.15. The molecule has 0 bridgehead atoms. The highest BCUT2D eigenvalue weighted by atomic mass is 32.1. The number of aryl methyl sites for hydroxylation is 3. The van der Waals surface area contributed by atoms with Crippen molar-refractivity contribution in [2.75, 3.05) is 5.73 Å². The first-order valence-corrected chi connectivity index (χ1v) is 8.17. The maximum Gasteiger partial charge on any atom is 0.348 e. The first-order chi connectivity index (χ1) is 10.9. The predicted octanol–water partition coefficient (Wildman–Crippen LogP) is 4.09. The van der Waals surface area contributed by atoms with Crippen LogP contribution in [0.25, 0.3) is 10.2 Å². The van der Waals surface area contributed by atoms with E-state index in [0.29, 0.717) is 10.5 Å². The number of nitrogens with zero attached hydrogens (tertiary/aromatic N) is 1.